The van der Waals surface area contributed by atoms with E-state index in [1.165, 1.54) is 17.3 Å². The number of benzene rings is 2. The van der Waals surface area contributed by atoms with Crippen molar-refractivity contribution in [2.45, 2.75) is 5.92 Å². The van der Waals surface area contributed by atoms with Gasteiger partial charge in [-0.15, -0.1) is 0 Å². The molecule has 0 fully saturated rings. The van der Waals surface area contributed by atoms with Gasteiger partial charge in [-0.1, -0.05) is 48.5 Å². The maximum absolute atomic E-state index is 11.8. The number of carbonyl (C=O) groups is 2. The fraction of sp³-hybridized carbons (Fsp3) is 0.0526. The first-order valence-electron chi connectivity index (χ1n) is 7.36. The molecule has 0 saturated carbocycles. The van der Waals surface area contributed by atoms with E-state index in [0.29, 0.717) is 11.3 Å². The summed E-state index contributed by atoms with van der Waals surface area (Å²) in [6.07, 6.45) is 2.95. The van der Waals surface area contributed by atoms with Gasteiger partial charge in [0, 0.05) is 18.1 Å². The van der Waals surface area contributed by atoms with Crippen molar-refractivity contribution < 1.29 is 19.8 Å². The lowest BCUT2D eigenvalue weighted by molar-refractivity contribution is -0.133. The van der Waals surface area contributed by atoms with E-state index in [-0.39, 0.29) is 11.1 Å². The number of para-hydroxylation sites is 1. The Balaban J connectivity index is 2.14. The van der Waals surface area contributed by atoms with Crippen molar-refractivity contribution in [3.63, 3.8) is 0 Å². The summed E-state index contributed by atoms with van der Waals surface area (Å²) in [7, 11) is 0. The summed E-state index contributed by atoms with van der Waals surface area (Å²) < 4.78 is 0. The quantitative estimate of drug-likeness (QED) is 0.904. The molecule has 120 valence electrons. The molecular formula is C19H15NO4. The summed E-state index contributed by atoms with van der Waals surface area (Å²) >= 11 is 0. The average molecular weight is 321 g/mol. The van der Waals surface area contributed by atoms with Crippen LogP contribution in [0, 0.1) is 0 Å². The van der Waals surface area contributed by atoms with Crippen LogP contribution >= 0.6 is 0 Å². The number of hydrogen-bond acceptors (Lipinski definition) is 3. The lowest BCUT2D eigenvalue weighted by atomic mass is 9.83. The summed E-state index contributed by atoms with van der Waals surface area (Å²) in [4.78, 5) is 25.1. The van der Waals surface area contributed by atoms with Gasteiger partial charge in [0.25, 0.3) is 0 Å². The van der Waals surface area contributed by atoms with Crippen molar-refractivity contribution in [2.75, 3.05) is 4.90 Å². The van der Waals surface area contributed by atoms with Crippen molar-refractivity contribution in [1.82, 2.24) is 0 Å². The van der Waals surface area contributed by atoms with Gasteiger partial charge in [0.2, 0.25) is 0 Å². The minimum absolute atomic E-state index is 0.0185. The number of carboxylic acid groups (broad SMARTS) is 2. The molecule has 24 heavy (non-hydrogen) atoms. The van der Waals surface area contributed by atoms with Crippen molar-refractivity contribution in [3.8, 4) is 0 Å². The van der Waals surface area contributed by atoms with Gasteiger partial charge < -0.3 is 15.1 Å². The molecule has 2 aromatic carbocycles. The molecule has 3 rings (SSSR count). The van der Waals surface area contributed by atoms with E-state index < -0.39 is 17.9 Å². The third-order valence-electron chi connectivity index (χ3n) is 3.86. The lowest BCUT2D eigenvalue weighted by Crippen LogP contribution is -2.27. The predicted molar refractivity (Wildman–Crippen MR) is 89.5 cm³/mol. The predicted octanol–water partition coefficient (Wildman–Crippen LogP) is 3.23. The van der Waals surface area contributed by atoms with Crippen molar-refractivity contribution in [2.24, 2.45) is 0 Å². The lowest BCUT2D eigenvalue weighted by Gasteiger charge is -2.29. The van der Waals surface area contributed by atoms with E-state index in [1.807, 2.05) is 6.07 Å². The van der Waals surface area contributed by atoms with Gasteiger partial charge in [-0.05, 0) is 17.7 Å². The second-order valence-electron chi connectivity index (χ2n) is 5.37. The smallest absolute Gasteiger partial charge is 0.334 e. The standard InChI is InChI=1S/C19H15NO4/c21-18(22)15-11-20(14-9-5-2-6-10-14)12-16(19(23)24)17(15)13-7-3-1-4-8-13/h1-12,17H,(H,21,22)(H,23,24). The number of aliphatic carboxylic acids is 2. The van der Waals surface area contributed by atoms with Crippen LogP contribution in [0.1, 0.15) is 11.5 Å². The Kier molecular flexibility index (Phi) is 4.16. The molecule has 0 radical (unpaired) electrons. The number of hydrogen-bond donors (Lipinski definition) is 2. The molecule has 0 bridgehead atoms. The highest BCUT2D eigenvalue weighted by atomic mass is 16.4. The zero-order valence-electron chi connectivity index (χ0n) is 12.7. The molecule has 1 aliphatic heterocycles. The zero-order valence-corrected chi connectivity index (χ0v) is 12.7. The van der Waals surface area contributed by atoms with Crippen LogP contribution in [0.4, 0.5) is 5.69 Å². The first-order valence-corrected chi connectivity index (χ1v) is 7.36. The van der Waals surface area contributed by atoms with Crippen molar-refractivity contribution >= 4 is 17.6 Å². The van der Waals surface area contributed by atoms with Gasteiger partial charge in [-0.2, -0.15) is 0 Å². The summed E-state index contributed by atoms with van der Waals surface area (Å²) in [6.45, 7) is 0. The molecule has 0 aromatic heterocycles. The Bertz CT molecular complexity index is 793. The molecule has 0 spiro atoms. The van der Waals surface area contributed by atoms with Crippen LogP contribution in [0.5, 0.6) is 0 Å². The minimum atomic E-state index is -1.14. The zero-order chi connectivity index (χ0) is 17.1. The van der Waals surface area contributed by atoms with Crippen molar-refractivity contribution in [3.05, 3.63) is 89.8 Å². The highest BCUT2D eigenvalue weighted by molar-refractivity contribution is 5.98. The molecule has 0 atom stereocenters. The molecule has 0 saturated heterocycles. The third kappa shape index (κ3) is 2.92. The van der Waals surface area contributed by atoms with Crippen LogP contribution in [-0.4, -0.2) is 22.2 Å². The molecule has 2 aromatic rings. The van der Waals surface area contributed by atoms with E-state index in [1.54, 1.807) is 54.6 Å². The van der Waals surface area contributed by atoms with Crippen molar-refractivity contribution in [1.29, 1.82) is 0 Å². The number of carboxylic acids is 2. The minimum Gasteiger partial charge on any atom is -0.478 e. The molecule has 0 amide bonds. The van der Waals surface area contributed by atoms with Gasteiger partial charge in [0.1, 0.15) is 0 Å². The largest absolute Gasteiger partial charge is 0.478 e. The first kappa shape index (κ1) is 15.6. The van der Waals surface area contributed by atoms with E-state index in [9.17, 15) is 19.8 Å². The fourth-order valence-electron chi connectivity index (χ4n) is 2.76. The topological polar surface area (TPSA) is 77.8 Å². The number of nitrogens with zero attached hydrogens (tertiary/aromatic N) is 1. The van der Waals surface area contributed by atoms with E-state index >= 15 is 0 Å². The molecule has 2 N–H and O–H groups in total. The molecule has 5 nitrogen and oxygen atoms in total. The highest BCUT2D eigenvalue weighted by Crippen LogP contribution is 2.37. The Hall–Kier alpha value is -3.34. The Morgan fingerprint density at radius 2 is 1.21 bits per heavy atom. The summed E-state index contributed by atoms with van der Waals surface area (Å²) in [5, 5.41) is 19.2. The summed E-state index contributed by atoms with van der Waals surface area (Å²) in [5.74, 6) is -3.10. The van der Waals surface area contributed by atoms with Crippen LogP contribution < -0.4 is 4.90 Å². The average Bonchev–Trinajstić information content (AvgIpc) is 2.62. The monoisotopic (exact) mass is 321 g/mol. The number of anilines is 1. The molecule has 5 heteroatoms. The van der Waals surface area contributed by atoms with E-state index in [2.05, 4.69) is 0 Å². The normalized spacial score (nSPS) is 14.8. The van der Waals surface area contributed by atoms with E-state index in [0.717, 1.165) is 0 Å². The van der Waals surface area contributed by atoms with Crippen LogP contribution in [0.2, 0.25) is 0 Å². The number of rotatable bonds is 4. The molecular weight excluding hydrogens is 306 g/mol. The third-order valence-corrected chi connectivity index (χ3v) is 3.86. The SMILES string of the molecule is O=C(O)C1=CN(c2ccccc2)C=C(C(=O)O)C1c1ccccc1. The fourth-order valence-corrected chi connectivity index (χ4v) is 2.76. The maximum Gasteiger partial charge on any atom is 0.334 e. The Labute approximate surface area is 138 Å². The second kappa shape index (κ2) is 6.42. The van der Waals surface area contributed by atoms with Crippen LogP contribution in [0.3, 0.4) is 0 Å². The molecule has 1 heterocycles. The van der Waals surface area contributed by atoms with Gasteiger partial charge >= 0.3 is 11.9 Å². The van der Waals surface area contributed by atoms with Gasteiger partial charge in [0.15, 0.2) is 0 Å². The first-order chi connectivity index (χ1) is 11.6. The van der Waals surface area contributed by atoms with Gasteiger partial charge in [0.05, 0.1) is 17.1 Å². The molecule has 0 aliphatic carbocycles. The summed E-state index contributed by atoms with van der Waals surface area (Å²) in [6, 6.07) is 17.8. The molecule has 0 unspecified atom stereocenters. The van der Waals surface area contributed by atoms with Crippen LogP contribution in [0.15, 0.2) is 84.2 Å². The summed E-state index contributed by atoms with van der Waals surface area (Å²) in [5.41, 5.74) is 1.36. The van der Waals surface area contributed by atoms with Crippen LogP contribution in [-0.2, 0) is 9.59 Å². The van der Waals surface area contributed by atoms with Gasteiger partial charge in [-0.25, -0.2) is 9.59 Å². The van der Waals surface area contributed by atoms with Gasteiger partial charge in [-0.3, -0.25) is 0 Å². The second-order valence-corrected chi connectivity index (χ2v) is 5.37. The Morgan fingerprint density at radius 3 is 1.67 bits per heavy atom. The Morgan fingerprint density at radius 1 is 0.750 bits per heavy atom. The maximum atomic E-state index is 11.8. The highest BCUT2D eigenvalue weighted by Gasteiger charge is 2.34. The van der Waals surface area contributed by atoms with Crippen LogP contribution in [0.25, 0.3) is 0 Å². The van der Waals surface area contributed by atoms with E-state index in [4.69, 9.17) is 0 Å². The molecule has 1 aliphatic rings.